The summed E-state index contributed by atoms with van der Waals surface area (Å²) in [6, 6.07) is 4.86. The van der Waals surface area contributed by atoms with E-state index < -0.39 is 11.4 Å². The van der Waals surface area contributed by atoms with Crippen molar-refractivity contribution in [2.24, 2.45) is 0 Å². The molecule has 0 aromatic heterocycles. The molecule has 0 bridgehead atoms. The van der Waals surface area contributed by atoms with Gasteiger partial charge < -0.3 is 15.7 Å². The molecule has 3 rings (SSSR count). The van der Waals surface area contributed by atoms with E-state index in [1.807, 2.05) is 0 Å². The summed E-state index contributed by atoms with van der Waals surface area (Å²) in [6.45, 7) is 1.56. The summed E-state index contributed by atoms with van der Waals surface area (Å²) in [4.78, 5) is 23.2. The van der Waals surface area contributed by atoms with Crippen molar-refractivity contribution >= 4 is 30.0 Å². The third-order valence-corrected chi connectivity index (χ3v) is 3.92. The molecule has 1 amide bonds. The lowest BCUT2D eigenvalue weighted by atomic mass is 9.74. The zero-order chi connectivity index (χ0) is 12.8. The quantitative estimate of drug-likeness (QED) is 0.727. The number of benzene rings is 1. The third-order valence-electron chi connectivity index (χ3n) is 3.92. The van der Waals surface area contributed by atoms with Crippen molar-refractivity contribution in [1.82, 2.24) is 5.32 Å². The Kier molecular flexibility index (Phi) is 3.52. The largest absolute Gasteiger partial charge is 0.478 e. The number of nitrogens with one attached hydrogen (secondary N) is 2. The molecular weight excluding hydrogens is 268 g/mol. The van der Waals surface area contributed by atoms with Crippen molar-refractivity contribution in [3.8, 4) is 0 Å². The van der Waals surface area contributed by atoms with Crippen LogP contribution in [0, 0.1) is 0 Å². The van der Waals surface area contributed by atoms with Crippen LogP contribution in [-0.4, -0.2) is 30.1 Å². The number of carbonyl (C=O) groups excluding carboxylic acids is 1. The zero-order valence-corrected chi connectivity index (χ0v) is 11.0. The minimum atomic E-state index is -0.957. The molecule has 3 N–H and O–H groups in total. The van der Waals surface area contributed by atoms with Gasteiger partial charge >= 0.3 is 5.97 Å². The molecule has 6 heteroatoms. The van der Waals surface area contributed by atoms with Gasteiger partial charge in [0.25, 0.3) is 0 Å². The summed E-state index contributed by atoms with van der Waals surface area (Å²) >= 11 is 0. The first-order chi connectivity index (χ1) is 8.63. The Labute approximate surface area is 116 Å². The normalized spacial score (nSPS) is 19.5. The van der Waals surface area contributed by atoms with Gasteiger partial charge in [-0.2, -0.15) is 0 Å². The Hall–Kier alpha value is -1.59. The van der Waals surface area contributed by atoms with Crippen molar-refractivity contribution in [2.45, 2.75) is 18.3 Å². The van der Waals surface area contributed by atoms with E-state index in [2.05, 4.69) is 10.6 Å². The second-order valence-corrected chi connectivity index (χ2v) is 4.85. The number of carboxylic acids is 1. The summed E-state index contributed by atoms with van der Waals surface area (Å²) in [7, 11) is 0. The van der Waals surface area contributed by atoms with E-state index in [0.717, 1.165) is 37.2 Å². The predicted octanol–water partition coefficient (Wildman–Crippen LogP) is 1.38. The number of amides is 1. The molecule has 102 valence electrons. The van der Waals surface area contributed by atoms with Crippen LogP contribution in [0.15, 0.2) is 18.2 Å². The molecule has 1 spiro atoms. The number of anilines is 1. The number of rotatable bonds is 1. The molecule has 0 atom stereocenters. The van der Waals surface area contributed by atoms with E-state index in [4.69, 9.17) is 5.11 Å². The summed E-state index contributed by atoms with van der Waals surface area (Å²) in [5.74, 6) is -0.956. The van der Waals surface area contributed by atoms with Crippen LogP contribution >= 0.6 is 12.4 Å². The van der Waals surface area contributed by atoms with Gasteiger partial charge in [-0.15, -0.1) is 12.4 Å². The van der Waals surface area contributed by atoms with Crippen LogP contribution in [0.4, 0.5) is 5.69 Å². The Morgan fingerprint density at radius 3 is 2.58 bits per heavy atom. The smallest absolute Gasteiger partial charge is 0.335 e. The highest BCUT2D eigenvalue weighted by molar-refractivity contribution is 6.07. The Balaban J connectivity index is 0.00000133. The topological polar surface area (TPSA) is 78.4 Å². The van der Waals surface area contributed by atoms with Gasteiger partial charge in [0.2, 0.25) is 5.91 Å². The standard InChI is InChI=1S/C13H14N2O3.ClH/c16-11(17)8-1-2-10-9(7-8)13(12(18)15-10)3-5-14-6-4-13;/h1-2,7,14H,3-6H2,(H,15,18)(H,16,17);1H. The lowest BCUT2D eigenvalue weighted by molar-refractivity contribution is -0.121. The number of hydrogen-bond acceptors (Lipinski definition) is 3. The molecule has 2 aliphatic heterocycles. The van der Waals surface area contributed by atoms with Crippen LogP contribution < -0.4 is 10.6 Å². The summed E-state index contributed by atoms with van der Waals surface area (Å²) in [6.07, 6.45) is 1.43. The minimum Gasteiger partial charge on any atom is -0.478 e. The molecule has 1 aromatic carbocycles. The first kappa shape index (κ1) is 13.8. The molecule has 2 heterocycles. The highest BCUT2D eigenvalue weighted by Gasteiger charge is 2.47. The number of carbonyl (C=O) groups is 2. The SMILES string of the molecule is Cl.O=C(O)c1ccc2c(c1)C1(CCNCC1)C(=O)N2. The number of hydrogen-bond donors (Lipinski definition) is 3. The molecule has 2 aliphatic rings. The number of carboxylic acid groups (broad SMARTS) is 1. The fourth-order valence-corrected chi connectivity index (χ4v) is 2.90. The van der Waals surface area contributed by atoms with E-state index >= 15 is 0 Å². The highest BCUT2D eigenvalue weighted by Crippen LogP contribution is 2.44. The summed E-state index contributed by atoms with van der Waals surface area (Å²) in [5, 5.41) is 15.1. The molecule has 5 nitrogen and oxygen atoms in total. The maximum atomic E-state index is 12.2. The van der Waals surface area contributed by atoms with Gasteiger partial charge in [0.1, 0.15) is 0 Å². The average Bonchev–Trinajstić information content (AvgIpc) is 2.63. The van der Waals surface area contributed by atoms with Gasteiger partial charge in [-0.1, -0.05) is 0 Å². The van der Waals surface area contributed by atoms with E-state index in [1.165, 1.54) is 6.07 Å². The predicted molar refractivity (Wildman–Crippen MR) is 73.1 cm³/mol. The number of aromatic carboxylic acids is 1. The molecule has 1 aromatic rings. The fraction of sp³-hybridized carbons (Fsp3) is 0.385. The number of piperidine rings is 1. The Bertz CT molecular complexity index is 539. The Morgan fingerprint density at radius 2 is 1.95 bits per heavy atom. The summed E-state index contributed by atoms with van der Waals surface area (Å²) < 4.78 is 0. The van der Waals surface area contributed by atoms with E-state index in [0.29, 0.717) is 0 Å². The maximum Gasteiger partial charge on any atom is 0.335 e. The molecule has 0 radical (unpaired) electrons. The lowest BCUT2D eigenvalue weighted by Crippen LogP contribution is -2.44. The molecule has 0 unspecified atom stereocenters. The Morgan fingerprint density at radius 1 is 1.26 bits per heavy atom. The van der Waals surface area contributed by atoms with Gasteiger partial charge in [-0.05, 0) is 49.7 Å². The molecule has 1 saturated heterocycles. The van der Waals surface area contributed by atoms with Crippen LogP contribution in [0.1, 0.15) is 28.8 Å². The number of halogens is 1. The molecule has 0 aliphatic carbocycles. The van der Waals surface area contributed by atoms with Crippen LogP contribution in [0.2, 0.25) is 0 Å². The van der Waals surface area contributed by atoms with E-state index in [-0.39, 0.29) is 23.9 Å². The fourth-order valence-electron chi connectivity index (χ4n) is 2.90. The van der Waals surface area contributed by atoms with Gasteiger partial charge in [0.15, 0.2) is 0 Å². The second-order valence-electron chi connectivity index (χ2n) is 4.85. The third kappa shape index (κ3) is 1.99. The van der Waals surface area contributed by atoms with Crippen molar-refractivity contribution in [3.63, 3.8) is 0 Å². The van der Waals surface area contributed by atoms with Crippen molar-refractivity contribution in [1.29, 1.82) is 0 Å². The van der Waals surface area contributed by atoms with Crippen LogP contribution in [0.25, 0.3) is 0 Å². The van der Waals surface area contributed by atoms with Crippen molar-refractivity contribution in [2.75, 3.05) is 18.4 Å². The van der Waals surface area contributed by atoms with Crippen LogP contribution in [0.5, 0.6) is 0 Å². The summed E-state index contributed by atoms with van der Waals surface area (Å²) in [5.41, 5.74) is 1.30. The van der Waals surface area contributed by atoms with Crippen molar-refractivity contribution in [3.05, 3.63) is 29.3 Å². The maximum absolute atomic E-state index is 12.2. The number of fused-ring (bicyclic) bond motifs is 2. The van der Waals surface area contributed by atoms with Crippen LogP contribution in [-0.2, 0) is 10.2 Å². The first-order valence-electron chi connectivity index (χ1n) is 6.03. The molecule has 19 heavy (non-hydrogen) atoms. The second kappa shape index (κ2) is 4.83. The van der Waals surface area contributed by atoms with E-state index in [1.54, 1.807) is 12.1 Å². The van der Waals surface area contributed by atoms with Crippen molar-refractivity contribution < 1.29 is 14.7 Å². The van der Waals surface area contributed by atoms with Gasteiger partial charge in [-0.3, -0.25) is 4.79 Å². The highest BCUT2D eigenvalue weighted by atomic mass is 35.5. The monoisotopic (exact) mass is 282 g/mol. The average molecular weight is 283 g/mol. The molecular formula is C13H15ClN2O3. The van der Waals surface area contributed by atoms with Crippen LogP contribution in [0.3, 0.4) is 0 Å². The van der Waals surface area contributed by atoms with Gasteiger partial charge in [-0.25, -0.2) is 4.79 Å². The van der Waals surface area contributed by atoms with Gasteiger partial charge in [0, 0.05) is 5.69 Å². The zero-order valence-electron chi connectivity index (χ0n) is 10.2. The van der Waals surface area contributed by atoms with E-state index in [9.17, 15) is 9.59 Å². The first-order valence-corrected chi connectivity index (χ1v) is 6.03. The lowest BCUT2D eigenvalue weighted by Gasteiger charge is -2.32. The molecule has 0 saturated carbocycles. The van der Waals surface area contributed by atoms with Gasteiger partial charge in [0.05, 0.1) is 11.0 Å². The molecule has 1 fully saturated rings. The minimum absolute atomic E-state index is 0.